The Balaban J connectivity index is 1.87. The third-order valence-corrected chi connectivity index (χ3v) is 5.55. The number of nitrogens with one attached hydrogen (secondary N) is 1. The molecular formula is C22H26Cl2N6O7. The van der Waals surface area contributed by atoms with Crippen LogP contribution in [0.2, 0.25) is 10.0 Å². The number of aliphatic hydroxyl groups is 3. The van der Waals surface area contributed by atoms with E-state index in [1.165, 1.54) is 18.2 Å². The highest BCUT2D eigenvalue weighted by Crippen LogP contribution is 2.38. The molecule has 3 atom stereocenters. The SMILES string of the molecule is CC(C)OC(=O)OCN1N=C(Oc2c(Cl)cc(N3N=C(C#N)C(O)NC3O)cc2Cl)C=C(C(C)C)C1O. The largest absolute Gasteiger partial charge is 0.510 e. The van der Waals surface area contributed by atoms with Gasteiger partial charge in [-0.3, -0.25) is 0 Å². The molecule has 0 saturated heterocycles. The number of hydrogen-bond acceptors (Lipinski definition) is 13. The first-order valence-electron chi connectivity index (χ1n) is 11.1. The number of hydrogen-bond donors (Lipinski definition) is 4. The van der Waals surface area contributed by atoms with Gasteiger partial charge in [-0.25, -0.2) is 20.1 Å². The molecule has 15 heteroatoms. The summed E-state index contributed by atoms with van der Waals surface area (Å²) in [4.78, 5) is 11.8. The molecule has 0 fully saturated rings. The molecule has 3 unspecified atom stereocenters. The van der Waals surface area contributed by atoms with Crippen LogP contribution in [0.3, 0.4) is 0 Å². The summed E-state index contributed by atoms with van der Waals surface area (Å²) in [7, 11) is 0. The highest BCUT2D eigenvalue weighted by atomic mass is 35.5. The van der Waals surface area contributed by atoms with E-state index in [0.29, 0.717) is 5.57 Å². The van der Waals surface area contributed by atoms with E-state index in [1.54, 1.807) is 19.9 Å². The van der Waals surface area contributed by atoms with E-state index in [2.05, 4.69) is 15.5 Å². The van der Waals surface area contributed by atoms with Gasteiger partial charge in [-0.1, -0.05) is 37.0 Å². The number of carbonyl (C=O) groups excluding carboxylic acids is 1. The van der Waals surface area contributed by atoms with Crippen molar-refractivity contribution in [1.29, 1.82) is 5.26 Å². The van der Waals surface area contributed by atoms with Gasteiger partial charge >= 0.3 is 6.16 Å². The molecular weight excluding hydrogens is 531 g/mol. The smallest absolute Gasteiger partial charge is 0.434 e. The fraction of sp³-hybridized carbons (Fsp3) is 0.455. The number of halogens is 2. The second-order valence-electron chi connectivity index (χ2n) is 8.47. The lowest BCUT2D eigenvalue weighted by atomic mass is 10.0. The van der Waals surface area contributed by atoms with E-state index in [9.17, 15) is 20.1 Å². The van der Waals surface area contributed by atoms with Crippen LogP contribution < -0.4 is 15.1 Å². The van der Waals surface area contributed by atoms with Crippen LogP contribution in [0.25, 0.3) is 0 Å². The minimum atomic E-state index is -1.47. The molecule has 0 amide bonds. The summed E-state index contributed by atoms with van der Waals surface area (Å²) in [5, 5.41) is 52.3. The molecule has 0 bridgehead atoms. The predicted molar refractivity (Wildman–Crippen MR) is 134 cm³/mol. The van der Waals surface area contributed by atoms with Crippen LogP contribution in [0.5, 0.6) is 5.75 Å². The molecule has 1 aromatic carbocycles. The van der Waals surface area contributed by atoms with Crippen molar-refractivity contribution in [3.63, 3.8) is 0 Å². The zero-order valence-electron chi connectivity index (χ0n) is 20.3. The van der Waals surface area contributed by atoms with Crippen molar-refractivity contribution in [3.05, 3.63) is 33.8 Å². The predicted octanol–water partition coefficient (Wildman–Crippen LogP) is 2.30. The monoisotopic (exact) mass is 556 g/mol. The number of anilines is 1. The number of ether oxygens (including phenoxy) is 3. The first-order chi connectivity index (χ1) is 17.4. The van der Waals surface area contributed by atoms with Crippen LogP contribution in [0, 0.1) is 17.2 Å². The molecule has 0 aliphatic carbocycles. The molecule has 4 N–H and O–H groups in total. The molecule has 0 aromatic heterocycles. The fourth-order valence-corrected chi connectivity index (χ4v) is 3.79. The van der Waals surface area contributed by atoms with Gasteiger partial charge in [0.05, 0.1) is 21.8 Å². The van der Waals surface area contributed by atoms with E-state index >= 15 is 0 Å². The number of nitriles is 1. The van der Waals surface area contributed by atoms with Gasteiger partial charge in [0.1, 0.15) is 6.07 Å². The fourth-order valence-electron chi connectivity index (χ4n) is 3.24. The molecule has 2 aliphatic heterocycles. The number of aliphatic hydroxyl groups excluding tert-OH is 3. The lowest BCUT2D eigenvalue weighted by Crippen LogP contribution is -2.55. The van der Waals surface area contributed by atoms with E-state index in [1.807, 2.05) is 13.8 Å². The van der Waals surface area contributed by atoms with Crippen LogP contribution in [-0.2, 0) is 9.47 Å². The normalized spacial score (nSPS) is 21.8. The van der Waals surface area contributed by atoms with Gasteiger partial charge in [0, 0.05) is 6.08 Å². The van der Waals surface area contributed by atoms with Gasteiger partial charge in [-0.2, -0.15) is 10.4 Å². The van der Waals surface area contributed by atoms with Crippen molar-refractivity contribution in [2.24, 2.45) is 16.1 Å². The van der Waals surface area contributed by atoms with E-state index in [0.717, 1.165) is 10.0 Å². The molecule has 200 valence electrons. The minimum Gasteiger partial charge on any atom is -0.434 e. The van der Waals surface area contributed by atoms with E-state index < -0.39 is 31.7 Å². The molecule has 13 nitrogen and oxygen atoms in total. The quantitative estimate of drug-likeness (QED) is 0.378. The van der Waals surface area contributed by atoms with Crippen molar-refractivity contribution in [2.75, 3.05) is 11.7 Å². The average Bonchev–Trinajstić information content (AvgIpc) is 2.80. The number of hydrazone groups is 2. The van der Waals surface area contributed by atoms with Gasteiger partial charge in [0.25, 0.3) is 0 Å². The summed E-state index contributed by atoms with van der Waals surface area (Å²) in [6.07, 6.45) is -3.89. The van der Waals surface area contributed by atoms with Gasteiger partial charge in [-0.05, 0) is 37.5 Å². The zero-order valence-corrected chi connectivity index (χ0v) is 21.8. The molecule has 0 saturated carbocycles. The number of nitrogens with zero attached hydrogens (tertiary/aromatic N) is 5. The zero-order chi connectivity index (χ0) is 27.4. The number of benzene rings is 1. The Labute approximate surface area is 222 Å². The summed E-state index contributed by atoms with van der Waals surface area (Å²) >= 11 is 12.8. The Bertz CT molecular complexity index is 1140. The third-order valence-electron chi connectivity index (χ3n) is 4.99. The van der Waals surface area contributed by atoms with Crippen LogP contribution in [0.15, 0.2) is 34.0 Å². The summed E-state index contributed by atoms with van der Waals surface area (Å²) in [6.45, 7) is 6.61. The Morgan fingerprint density at radius 1 is 1.19 bits per heavy atom. The van der Waals surface area contributed by atoms with Crippen molar-refractivity contribution >= 4 is 46.7 Å². The van der Waals surface area contributed by atoms with Crippen molar-refractivity contribution in [1.82, 2.24) is 10.3 Å². The summed E-state index contributed by atoms with van der Waals surface area (Å²) in [6, 6.07) is 4.47. The Morgan fingerprint density at radius 3 is 2.41 bits per heavy atom. The maximum Gasteiger partial charge on any atom is 0.510 e. The topological polar surface area (TPSA) is 172 Å². The van der Waals surface area contributed by atoms with Crippen LogP contribution in [0.4, 0.5) is 10.5 Å². The lowest BCUT2D eigenvalue weighted by molar-refractivity contribution is -0.0570. The number of rotatable bonds is 6. The van der Waals surface area contributed by atoms with Crippen LogP contribution in [-0.4, -0.2) is 69.7 Å². The first kappa shape index (κ1) is 28.5. The summed E-state index contributed by atoms with van der Waals surface area (Å²) < 4.78 is 15.8. The Kier molecular flexibility index (Phi) is 9.19. The van der Waals surface area contributed by atoms with Gasteiger partial charge in [0.15, 0.2) is 30.6 Å². The maximum atomic E-state index is 11.8. The lowest BCUT2D eigenvalue weighted by Gasteiger charge is -2.32. The molecule has 1 aromatic rings. The third kappa shape index (κ3) is 6.80. The second kappa shape index (κ2) is 12.0. The highest BCUT2D eigenvalue weighted by molar-refractivity contribution is 6.38. The molecule has 2 aliphatic rings. The van der Waals surface area contributed by atoms with Gasteiger partial charge in [-0.15, -0.1) is 5.10 Å². The standard InChI is InChI=1S/C22H26Cl2N6O7/c1-10(2)13-7-17(28-29(20(13)32)9-35-22(34)36-11(3)4)37-18-14(23)5-12(6-15(18)24)30-21(33)26-19(31)16(8-25)27-30/h5-7,10-11,19-21,26,31-33H,9H2,1-4H3. The number of carbonyl (C=O) groups is 1. The Morgan fingerprint density at radius 2 is 1.84 bits per heavy atom. The molecule has 2 heterocycles. The minimum absolute atomic E-state index is 0.000962. The highest BCUT2D eigenvalue weighted by Gasteiger charge is 2.31. The van der Waals surface area contributed by atoms with Gasteiger partial charge < -0.3 is 29.5 Å². The van der Waals surface area contributed by atoms with Crippen molar-refractivity contribution < 1.29 is 34.3 Å². The van der Waals surface area contributed by atoms with Crippen LogP contribution >= 0.6 is 23.2 Å². The van der Waals surface area contributed by atoms with Crippen molar-refractivity contribution in [2.45, 2.75) is 52.6 Å². The molecule has 37 heavy (non-hydrogen) atoms. The van der Waals surface area contributed by atoms with Crippen molar-refractivity contribution in [3.8, 4) is 11.8 Å². The molecule has 3 rings (SSSR count). The maximum absolute atomic E-state index is 11.8. The van der Waals surface area contributed by atoms with E-state index in [-0.39, 0.29) is 45.1 Å². The molecule has 0 spiro atoms. The molecule has 0 radical (unpaired) electrons. The first-order valence-corrected chi connectivity index (χ1v) is 11.8. The average molecular weight is 557 g/mol. The summed E-state index contributed by atoms with van der Waals surface area (Å²) in [5.41, 5.74) is 0.438. The summed E-state index contributed by atoms with van der Waals surface area (Å²) in [5.74, 6) is -0.122. The Hall–Kier alpha value is -3.12. The second-order valence-corrected chi connectivity index (χ2v) is 9.28. The van der Waals surface area contributed by atoms with Gasteiger partial charge in [0.2, 0.25) is 12.2 Å². The van der Waals surface area contributed by atoms with Crippen LogP contribution in [0.1, 0.15) is 27.7 Å². The van der Waals surface area contributed by atoms with E-state index in [4.69, 9.17) is 42.7 Å².